The van der Waals surface area contributed by atoms with Crippen molar-refractivity contribution in [3.8, 4) is 11.5 Å². The Morgan fingerprint density at radius 2 is 1.75 bits per heavy atom. The Kier molecular flexibility index (Phi) is 5.04. The molecule has 0 saturated heterocycles. The van der Waals surface area contributed by atoms with Crippen molar-refractivity contribution in [2.24, 2.45) is 11.7 Å². The van der Waals surface area contributed by atoms with Gasteiger partial charge in [0.25, 0.3) is 0 Å². The summed E-state index contributed by atoms with van der Waals surface area (Å²) >= 11 is 0. The topological polar surface area (TPSA) is 46.2 Å². The van der Waals surface area contributed by atoms with Gasteiger partial charge in [-0.15, -0.1) is 5.54 Å². The maximum absolute atomic E-state index is 9.96. The van der Waals surface area contributed by atoms with Crippen LogP contribution >= 0.6 is 0 Å². The summed E-state index contributed by atoms with van der Waals surface area (Å²) in [5, 5.41) is 9.96. The van der Waals surface area contributed by atoms with Gasteiger partial charge in [0.2, 0.25) is 0 Å². The zero-order chi connectivity index (χ0) is 12.2. The third-order valence-electron chi connectivity index (χ3n) is 3.15. The lowest BCUT2D eigenvalue weighted by molar-refractivity contribution is 0.148. The Morgan fingerprint density at radius 1 is 1.19 bits per heavy atom. The Bertz CT molecular complexity index is 268. The summed E-state index contributed by atoms with van der Waals surface area (Å²) in [6, 6.07) is -0.149. The summed E-state index contributed by atoms with van der Waals surface area (Å²) in [6.07, 6.45) is 5.52. The van der Waals surface area contributed by atoms with E-state index in [9.17, 15) is 5.11 Å². The average Bonchev–Trinajstić information content (AvgIpc) is 2.25. The van der Waals surface area contributed by atoms with Gasteiger partial charge >= 0.3 is 0 Å². The predicted octanol–water partition coefficient (Wildman–Crippen LogP) is 2.14. The number of nitrogens with two attached hydrogens (primary N) is 1. The standard InChI is InChI=1S/C13H25NOSi/c1-16(2,3)10-9-12(15)13(14)11-7-5-4-6-8-11/h11-13,15H,4-8,14H2,1-3H3/t12-,13-/m1/s1. The summed E-state index contributed by atoms with van der Waals surface area (Å²) in [5.74, 6) is 3.43. The van der Waals surface area contributed by atoms with Crippen molar-refractivity contribution in [3.63, 3.8) is 0 Å². The molecule has 0 bridgehead atoms. The Balaban J connectivity index is 2.51. The second-order valence-corrected chi connectivity index (χ2v) is 10.7. The Morgan fingerprint density at radius 3 is 2.25 bits per heavy atom. The Labute approximate surface area is 101 Å². The van der Waals surface area contributed by atoms with E-state index in [4.69, 9.17) is 5.73 Å². The first-order chi connectivity index (χ1) is 7.40. The molecule has 1 aliphatic carbocycles. The molecule has 0 radical (unpaired) electrons. The number of rotatable bonds is 2. The summed E-state index contributed by atoms with van der Waals surface area (Å²) in [4.78, 5) is 0. The largest absolute Gasteiger partial charge is 0.379 e. The first-order valence-corrected chi connectivity index (χ1v) is 9.86. The normalized spacial score (nSPS) is 22.1. The average molecular weight is 239 g/mol. The van der Waals surface area contributed by atoms with Crippen LogP contribution in [0.1, 0.15) is 32.1 Å². The monoisotopic (exact) mass is 239 g/mol. The maximum Gasteiger partial charge on any atom is 0.129 e. The molecule has 1 saturated carbocycles. The first kappa shape index (κ1) is 13.8. The second-order valence-electron chi connectivity index (χ2n) is 5.94. The fraction of sp³-hybridized carbons (Fsp3) is 0.846. The van der Waals surface area contributed by atoms with E-state index in [0.717, 1.165) is 12.8 Å². The van der Waals surface area contributed by atoms with Crippen LogP contribution in [0.2, 0.25) is 19.6 Å². The van der Waals surface area contributed by atoms with Gasteiger partial charge in [-0.05, 0) is 18.8 Å². The fourth-order valence-corrected chi connectivity index (χ4v) is 2.74. The molecule has 2 nitrogen and oxygen atoms in total. The summed E-state index contributed by atoms with van der Waals surface area (Å²) in [6.45, 7) is 6.54. The molecule has 0 amide bonds. The van der Waals surface area contributed by atoms with Crippen molar-refractivity contribution in [3.05, 3.63) is 0 Å². The van der Waals surface area contributed by atoms with E-state index in [1.54, 1.807) is 0 Å². The van der Waals surface area contributed by atoms with Gasteiger partial charge in [0.1, 0.15) is 14.2 Å². The van der Waals surface area contributed by atoms with E-state index in [-0.39, 0.29) is 6.04 Å². The van der Waals surface area contributed by atoms with Crippen LogP contribution in [0.25, 0.3) is 0 Å². The van der Waals surface area contributed by atoms with Crippen molar-refractivity contribution >= 4 is 8.07 Å². The molecule has 1 aliphatic rings. The van der Waals surface area contributed by atoms with E-state index in [1.807, 2.05) is 0 Å². The smallest absolute Gasteiger partial charge is 0.129 e. The van der Waals surface area contributed by atoms with Crippen molar-refractivity contribution in [2.75, 3.05) is 0 Å². The van der Waals surface area contributed by atoms with E-state index in [0.29, 0.717) is 5.92 Å². The van der Waals surface area contributed by atoms with Gasteiger partial charge in [-0.3, -0.25) is 0 Å². The number of hydrogen-bond donors (Lipinski definition) is 2. The lowest BCUT2D eigenvalue weighted by Gasteiger charge is -2.28. The van der Waals surface area contributed by atoms with E-state index >= 15 is 0 Å². The van der Waals surface area contributed by atoms with Crippen LogP contribution in [0.3, 0.4) is 0 Å². The summed E-state index contributed by atoms with van der Waals surface area (Å²) < 4.78 is 0. The minimum absolute atomic E-state index is 0.149. The van der Waals surface area contributed by atoms with E-state index in [2.05, 4.69) is 31.1 Å². The van der Waals surface area contributed by atoms with Gasteiger partial charge in [0.05, 0.1) is 0 Å². The molecule has 92 valence electrons. The highest BCUT2D eigenvalue weighted by molar-refractivity contribution is 6.83. The maximum atomic E-state index is 9.96. The van der Waals surface area contributed by atoms with Crippen LogP contribution in [0.5, 0.6) is 0 Å². The molecule has 3 N–H and O–H groups in total. The Hall–Kier alpha value is -0.303. The molecular weight excluding hydrogens is 214 g/mol. The quantitative estimate of drug-likeness (QED) is 0.573. The lowest BCUT2D eigenvalue weighted by atomic mass is 9.82. The van der Waals surface area contributed by atoms with Crippen molar-refractivity contribution in [1.82, 2.24) is 0 Å². The second kappa shape index (κ2) is 5.86. The molecule has 0 aromatic heterocycles. The van der Waals surface area contributed by atoms with E-state index < -0.39 is 14.2 Å². The molecule has 0 spiro atoms. The highest BCUT2D eigenvalue weighted by Crippen LogP contribution is 2.26. The molecule has 0 heterocycles. The predicted molar refractivity (Wildman–Crippen MR) is 71.7 cm³/mol. The van der Waals surface area contributed by atoms with Gasteiger partial charge in [0, 0.05) is 6.04 Å². The number of aliphatic hydroxyl groups excluding tert-OH is 1. The molecular formula is C13H25NOSi. The molecule has 2 atom stereocenters. The molecule has 1 rings (SSSR count). The van der Waals surface area contributed by atoms with Gasteiger partial charge in [0.15, 0.2) is 0 Å². The molecule has 16 heavy (non-hydrogen) atoms. The minimum Gasteiger partial charge on any atom is -0.379 e. The van der Waals surface area contributed by atoms with Gasteiger partial charge < -0.3 is 10.8 Å². The highest BCUT2D eigenvalue weighted by atomic mass is 28.3. The molecule has 0 aromatic carbocycles. The summed E-state index contributed by atoms with van der Waals surface area (Å²) in [5.41, 5.74) is 9.28. The lowest BCUT2D eigenvalue weighted by Crippen LogP contribution is -2.41. The van der Waals surface area contributed by atoms with Crippen LogP contribution < -0.4 is 5.73 Å². The number of hydrogen-bond acceptors (Lipinski definition) is 2. The van der Waals surface area contributed by atoms with Gasteiger partial charge in [-0.1, -0.05) is 44.8 Å². The zero-order valence-electron chi connectivity index (χ0n) is 10.8. The van der Waals surface area contributed by atoms with Crippen LogP contribution in [-0.2, 0) is 0 Å². The molecule has 0 aromatic rings. The zero-order valence-corrected chi connectivity index (χ0v) is 11.8. The third kappa shape index (κ3) is 4.69. The van der Waals surface area contributed by atoms with Gasteiger partial charge in [-0.2, -0.15) is 0 Å². The summed E-state index contributed by atoms with van der Waals surface area (Å²) in [7, 11) is -1.39. The number of aliphatic hydroxyl groups is 1. The molecule has 0 aliphatic heterocycles. The van der Waals surface area contributed by atoms with Crippen molar-refractivity contribution < 1.29 is 5.11 Å². The highest BCUT2D eigenvalue weighted by Gasteiger charge is 2.25. The van der Waals surface area contributed by atoms with Crippen LogP contribution in [0, 0.1) is 17.4 Å². The van der Waals surface area contributed by atoms with E-state index in [1.165, 1.54) is 19.3 Å². The fourth-order valence-electron chi connectivity index (χ4n) is 2.16. The molecule has 1 fully saturated rings. The van der Waals surface area contributed by atoms with Crippen molar-refractivity contribution in [1.29, 1.82) is 0 Å². The SMILES string of the molecule is C[Si](C)(C)C#C[C@@H](O)[C@H](N)C1CCCCC1. The molecule has 0 unspecified atom stereocenters. The van der Waals surface area contributed by atoms with Crippen LogP contribution in [0.15, 0.2) is 0 Å². The van der Waals surface area contributed by atoms with Crippen LogP contribution in [-0.4, -0.2) is 25.3 Å². The molecule has 3 heteroatoms. The van der Waals surface area contributed by atoms with Crippen molar-refractivity contribution in [2.45, 2.75) is 63.9 Å². The third-order valence-corrected chi connectivity index (χ3v) is 4.05. The van der Waals surface area contributed by atoms with Crippen LogP contribution in [0.4, 0.5) is 0 Å². The minimum atomic E-state index is -1.39. The van der Waals surface area contributed by atoms with Gasteiger partial charge in [-0.25, -0.2) is 0 Å². The first-order valence-electron chi connectivity index (χ1n) is 6.36.